The number of fused-ring (bicyclic) bond motifs is 1. The van der Waals surface area contributed by atoms with Crippen LogP contribution in [0.4, 0.5) is 0 Å². The van der Waals surface area contributed by atoms with Crippen molar-refractivity contribution in [2.24, 2.45) is 0 Å². The molecule has 0 unspecified atom stereocenters. The zero-order chi connectivity index (χ0) is 10.1. The number of H-pyrrole nitrogens is 1. The smallest absolute Gasteiger partial charge is 0.0486 e. The van der Waals surface area contributed by atoms with Gasteiger partial charge in [-0.1, -0.05) is 15.9 Å². The van der Waals surface area contributed by atoms with E-state index in [1.807, 2.05) is 7.05 Å². The number of hydrogen-bond acceptors (Lipinski definition) is 1. The largest absolute Gasteiger partial charge is 0.357 e. The Bertz CT molecular complexity index is 460. The average molecular weight is 253 g/mol. The first-order chi connectivity index (χ1) is 6.70. The summed E-state index contributed by atoms with van der Waals surface area (Å²) in [6, 6.07) is 6.45. The molecule has 0 fully saturated rings. The van der Waals surface area contributed by atoms with Crippen LogP contribution in [-0.2, 0) is 6.54 Å². The molecule has 14 heavy (non-hydrogen) atoms. The van der Waals surface area contributed by atoms with Gasteiger partial charge < -0.3 is 10.3 Å². The zero-order valence-corrected chi connectivity index (χ0v) is 9.90. The van der Waals surface area contributed by atoms with Gasteiger partial charge >= 0.3 is 0 Å². The normalized spacial score (nSPS) is 11.1. The third-order valence-corrected chi connectivity index (χ3v) is 2.77. The highest BCUT2D eigenvalue weighted by Gasteiger charge is 2.03. The van der Waals surface area contributed by atoms with E-state index in [4.69, 9.17) is 0 Å². The maximum absolute atomic E-state index is 3.50. The predicted molar refractivity (Wildman–Crippen MR) is 63.5 cm³/mol. The molecule has 74 valence electrons. The Morgan fingerprint density at radius 2 is 2.14 bits per heavy atom. The lowest BCUT2D eigenvalue weighted by Crippen LogP contribution is -2.04. The number of halogens is 1. The topological polar surface area (TPSA) is 27.8 Å². The number of aromatic amines is 1. The van der Waals surface area contributed by atoms with Gasteiger partial charge in [0.2, 0.25) is 0 Å². The van der Waals surface area contributed by atoms with Crippen molar-refractivity contribution >= 4 is 26.8 Å². The van der Waals surface area contributed by atoms with Crippen LogP contribution in [0.5, 0.6) is 0 Å². The quantitative estimate of drug-likeness (QED) is 0.846. The summed E-state index contributed by atoms with van der Waals surface area (Å²) in [5.74, 6) is 0. The van der Waals surface area contributed by atoms with E-state index < -0.39 is 0 Å². The summed E-state index contributed by atoms with van der Waals surface area (Å²) in [6.45, 7) is 3.00. The average Bonchev–Trinajstić information content (AvgIpc) is 2.48. The highest BCUT2D eigenvalue weighted by Crippen LogP contribution is 2.24. The van der Waals surface area contributed by atoms with Crippen molar-refractivity contribution in [3.63, 3.8) is 0 Å². The minimum Gasteiger partial charge on any atom is -0.357 e. The molecule has 2 aromatic rings. The van der Waals surface area contributed by atoms with Gasteiger partial charge in [-0.25, -0.2) is 0 Å². The lowest BCUT2D eigenvalue weighted by molar-refractivity contribution is 0.799. The highest BCUT2D eigenvalue weighted by molar-refractivity contribution is 9.10. The van der Waals surface area contributed by atoms with Crippen LogP contribution in [0.1, 0.15) is 11.3 Å². The van der Waals surface area contributed by atoms with E-state index in [2.05, 4.69) is 51.4 Å². The standard InChI is InChI=1S/C11H13BrN2/c1-7-3-9(12)4-8-5-10(6-13-2)14-11(7)8/h3-5,13-14H,6H2,1-2H3. The van der Waals surface area contributed by atoms with Crippen LogP contribution in [0.2, 0.25) is 0 Å². The number of benzene rings is 1. The second-order valence-electron chi connectivity index (χ2n) is 3.51. The highest BCUT2D eigenvalue weighted by atomic mass is 79.9. The molecule has 1 aromatic carbocycles. The van der Waals surface area contributed by atoms with Crippen molar-refractivity contribution < 1.29 is 0 Å². The number of aromatic nitrogens is 1. The Morgan fingerprint density at radius 1 is 1.36 bits per heavy atom. The van der Waals surface area contributed by atoms with Crippen LogP contribution in [-0.4, -0.2) is 12.0 Å². The molecule has 0 saturated carbocycles. The first-order valence-corrected chi connectivity index (χ1v) is 5.42. The predicted octanol–water partition coefficient (Wildman–Crippen LogP) is 2.96. The van der Waals surface area contributed by atoms with E-state index in [-0.39, 0.29) is 0 Å². The van der Waals surface area contributed by atoms with Crippen molar-refractivity contribution in [1.82, 2.24) is 10.3 Å². The minimum atomic E-state index is 0.881. The van der Waals surface area contributed by atoms with Crippen molar-refractivity contribution in [2.75, 3.05) is 7.05 Å². The van der Waals surface area contributed by atoms with Crippen molar-refractivity contribution in [1.29, 1.82) is 0 Å². The van der Waals surface area contributed by atoms with Crippen LogP contribution < -0.4 is 5.32 Å². The SMILES string of the molecule is CNCc1cc2cc(Br)cc(C)c2[nH]1. The van der Waals surface area contributed by atoms with Gasteiger partial charge in [0.25, 0.3) is 0 Å². The fourth-order valence-corrected chi connectivity index (χ4v) is 2.31. The fourth-order valence-electron chi connectivity index (χ4n) is 1.72. The van der Waals surface area contributed by atoms with E-state index in [0.717, 1.165) is 11.0 Å². The molecular formula is C11H13BrN2. The molecule has 2 N–H and O–H groups in total. The summed E-state index contributed by atoms with van der Waals surface area (Å²) in [5.41, 5.74) is 3.74. The Hall–Kier alpha value is -0.800. The maximum Gasteiger partial charge on any atom is 0.0486 e. The van der Waals surface area contributed by atoms with Gasteiger partial charge in [0, 0.05) is 27.6 Å². The third-order valence-electron chi connectivity index (χ3n) is 2.31. The number of aryl methyl sites for hydroxylation is 1. The van der Waals surface area contributed by atoms with Gasteiger partial charge in [-0.05, 0) is 37.7 Å². The summed E-state index contributed by atoms with van der Waals surface area (Å²) in [7, 11) is 1.95. The first kappa shape index (κ1) is 9.74. The molecule has 1 heterocycles. The number of nitrogens with one attached hydrogen (secondary N) is 2. The van der Waals surface area contributed by atoms with Gasteiger partial charge in [-0.2, -0.15) is 0 Å². The fraction of sp³-hybridized carbons (Fsp3) is 0.273. The van der Waals surface area contributed by atoms with E-state index in [9.17, 15) is 0 Å². The van der Waals surface area contributed by atoms with Crippen LogP contribution in [0.15, 0.2) is 22.7 Å². The van der Waals surface area contributed by atoms with Gasteiger partial charge in [-0.3, -0.25) is 0 Å². The summed E-state index contributed by atoms with van der Waals surface area (Å²) in [6.07, 6.45) is 0. The number of rotatable bonds is 2. The maximum atomic E-state index is 3.50. The monoisotopic (exact) mass is 252 g/mol. The van der Waals surface area contributed by atoms with Crippen LogP contribution >= 0.6 is 15.9 Å². The molecule has 0 aliphatic rings. The Balaban J connectivity index is 2.58. The van der Waals surface area contributed by atoms with Gasteiger partial charge in [0.15, 0.2) is 0 Å². The van der Waals surface area contributed by atoms with Crippen molar-refractivity contribution in [2.45, 2.75) is 13.5 Å². The van der Waals surface area contributed by atoms with Crippen LogP contribution in [0.25, 0.3) is 10.9 Å². The Kier molecular flexibility index (Phi) is 2.61. The molecule has 2 nitrogen and oxygen atoms in total. The summed E-state index contributed by atoms with van der Waals surface area (Å²) in [4.78, 5) is 3.41. The molecule has 2 rings (SSSR count). The second kappa shape index (κ2) is 3.75. The van der Waals surface area contributed by atoms with Gasteiger partial charge in [0.1, 0.15) is 0 Å². The molecule has 3 heteroatoms. The molecule has 0 amide bonds. The Morgan fingerprint density at radius 3 is 2.86 bits per heavy atom. The summed E-state index contributed by atoms with van der Waals surface area (Å²) < 4.78 is 1.14. The molecule has 1 aromatic heterocycles. The van der Waals surface area contributed by atoms with Crippen molar-refractivity contribution in [3.8, 4) is 0 Å². The van der Waals surface area contributed by atoms with E-state index in [1.54, 1.807) is 0 Å². The van der Waals surface area contributed by atoms with Crippen molar-refractivity contribution in [3.05, 3.63) is 33.9 Å². The molecule has 0 atom stereocenters. The minimum absolute atomic E-state index is 0.881. The van der Waals surface area contributed by atoms with E-state index in [1.165, 1.54) is 22.2 Å². The molecule has 0 saturated heterocycles. The van der Waals surface area contributed by atoms with Crippen LogP contribution in [0.3, 0.4) is 0 Å². The molecule has 0 aliphatic carbocycles. The summed E-state index contributed by atoms with van der Waals surface area (Å²) in [5, 5.41) is 4.40. The zero-order valence-electron chi connectivity index (χ0n) is 8.32. The second-order valence-corrected chi connectivity index (χ2v) is 4.43. The Labute approximate surface area is 91.8 Å². The molecule has 0 spiro atoms. The van der Waals surface area contributed by atoms with Gasteiger partial charge in [0.05, 0.1) is 0 Å². The lowest BCUT2D eigenvalue weighted by Gasteiger charge is -1.97. The molecule has 0 aliphatic heterocycles. The van der Waals surface area contributed by atoms with Gasteiger partial charge in [-0.15, -0.1) is 0 Å². The van der Waals surface area contributed by atoms with Crippen LogP contribution in [0, 0.1) is 6.92 Å². The summed E-state index contributed by atoms with van der Waals surface area (Å²) >= 11 is 3.50. The first-order valence-electron chi connectivity index (χ1n) is 4.63. The van der Waals surface area contributed by atoms with E-state index >= 15 is 0 Å². The lowest BCUT2D eigenvalue weighted by atomic mass is 10.2. The third kappa shape index (κ3) is 1.70. The van der Waals surface area contributed by atoms with E-state index in [0.29, 0.717) is 0 Å². The molecule has 0 radical (unpaired) electrons. The molecule has 0 bridgehead atoms. The molecular weight excluding hydrogens is 240 g/mol. The number of hydrogen-bond donors (Lipinski definition) is 2.